The van der Waals surface area contributed by atoms with E-state index in [9.17, 15) is 14.7 Å². The summed E-state index contributed by atoms with van der Waals surface area (Å²) in [6, 6.07) is 23.6. The molecule has 1 aliphatic rings. The van der Waals surface area contributed by atoms with E-state index in [4.69, 9.17) is 4.74 Å². The van der Waals surface area contributed by atoms with Crippen LogP contribution in [0, 0.1) is 6.92 Å². The van der Waals surface area contributed by atoms with Crippen LogP contribution >= 0.6 is 0 Å². The number of aliphatic carboxylic acids is 1. The van der Waals surface area contributed by atoms with Crippen molar-refractivity contribution in [3.8, 4) is 11.1 Å². The van der Waals surface area contributed by atoms with Crippen molar-refractivity contribution in [3.05, 3.63) is 95.1 Å². The molecule has 0 bridgehead atoms. The average Bonchev–Trinajstić information content (AvgIpc) is 3.06. The molecule has 1 unspecified atom stereocenters. The minimum Gasteiger partial charge on any atom is -0.481 e. The Kier molecular flexibility index (Phi) is 6.03. The van der Waals surface area contributed by atoms with E-state index in [2.05, 4.69) is 29.6 Å². The number of carboxylic acids is 1. The van der Waals surface area contributed by atoms with Crippen LogP contribution in [0.25, 0.3) is 11.1 Å². The van der Waals surface area contributed by atoms with Crippen molar-refractivity contribution in [3.63, 3.8) is 0 Å². The van der Waals surface area contributed by atoms with Gasteiger partial charge in [-0.05, 0) is 41.2 Å². The minimum absolute atomic E-state index is 0.0344. The molecule has 4 rings (SSSR count). The first-order chi connectivity index (χ1) is 15.0. The molecule has 3 aromatic carbocycles. The second-order valence-corrected chi connectivity index (χ2v) is 7.96. The zero-order valence-electron chi connectivity index (χ0n) is 17.4. The molecule has 0 aromatic heterocycles. The summed E-state index contributed by atoms with van der Waals surface area (Å²) in [7, 11) is 0. The van der Waals surface area contributed by atoms with Gasteiger partial charge in [0.15, 0.2) is 0 Å². The highest BCUT2D eigenvalue weighted by atomic mass is 16.5. The number of carbonyl (C=O) groups is 2. The molecule has 0 saturated heterocycles. The van der Waals surface area contributed by atoms with Gasteiger partial charge in [0.2, 0.25) is 0 Å². The van der Waals surface area contributed by atoms with E-state index in [0.29, 0.717) is 6.42 Å². The maximum absolute atomic E-state index is 12.5. The number of aryl methyl sites for hydroxylation is 1. The van der Waals surface area contributed by atoms with Gasteiger partial charge in [-0.25, -0.2) is 4.79 Å². The van der Waals surface area contributed by atoms with E-state index >= 15 is 0 Å². The highest BCUT2D eigenvalue weighted by Gasteiger charge is 2.29. The average molecular weight is 415 g/mol. The molecule has 31 heavy (non-hydrogen) atoms. The first-order valence-electron chi connectivity index (χ1n) is 10.4. The summed E-state index contributed by atoms with van der Waals surface area (Å²) in [6.07, 6.45) is -0.336. The van der Waals surface area contributed by atoms with Gasteiger partial charge in [0, 0.05) is 12.0 Å². The van der Waals surface area contributed by atoms with Crippen LogP contribution in [0.4, 0.5) is 4.79 Å². The Morgan fingerprint density at radius 2 is 1.61 bits per heavy atom. The van der Waals surface area contributed by atoms with Gasteiger partial charge in [-0.3, -0.25) is 4.79 Å². The fourth-order valence-corrected chi connectivity index (χ4v) is 4.32. The van der Waals surface area contributed by atoms with Crippen molar-refractivity contribution in [2.75, 3.05) is 6.61 Å². The van der Waals surface area contributed by atoms with Crippen molar-refractivity contribution < 1.29 is 19.4 Å². The molecule has 0 heterocycles. The lowest BCUT2D eigenvalue weighted by Gasteiger charge is -2.19. The lowest BCUT2D eigenvalue weighted by molar-refractivity contribution is -0.137. The van der Waals surface area contributed by atoms with E-state index in [1.54, 1.807) is 0 Å². The lowest BCUT2D eigenvalue weighted by Crippen LogP contribution is -2.39. The molecule has 5 nitrogen and oxygen atoms in total. The number of ether oxygens (including phenoxy) is 1. The van der Waals surface area contributed by atoms with Crippen molar-refractivity contribution in [1.29, 1.82) is 0 Å². The largest absolute Gasteiger partial charge is 0.481 e. The molecule has 0 aliphatic heterocycles. The van der Waals surface area contributed by atoms with E-state index in [-0.39, 0.29) is 18.9 Å². The van der Waals surface area contributed by atoms with Crippen molar-refractivity contribution >= 4 is 12.1 Å². The summed E-state index contributed by atoms with van der Waals surface area (Å²) in [6.45, 7) is 2.18. The van der Waals surface area contributed by atoms with Crippen LogP contribution in [0.15, 0.2) is 72.8 Å². The number of rotatable bonds is 7. The van der Waals surface area contributed by atoms with Crippen LogP contribution in [0.5, 0.6) is 0 Å². The predicted molar refractivity (Wildman–Crippen MR) is 119 cm³/mol. The molecule has 1 atom stereocenters. The van der Waals surface area contributed by atoms with Crippen molar-refractivity contribution in [1.82, 2.24) is 5.32 Å². The maximum atomic E-state index is 12.5. The molecule has 158 valence electrons. The molecule has 1 aliphatic carbocycles. The number of fused-ring (bicyclic) bond motifs is 3. The summed E-state index contributed by atoms with van der Waals surface area (Å²) >= 11 is 0. The highest BCUT2D eigenvalue weighted by molar-refractivity contribution is 5.79. The van der Waals surface area contributed by atoms with Crippen LogP contribution in [-0.4, -0.2) is 29.8 Å². The monoisotopic (exact) mass is 415 g/mol. The molecular formula is C26H25NO4. The number of amides is 1. The van der Waals surface area contributed by atoms with Gasteiger partial charge < -0.3 is 15.2 Å². The predicted octanol–water partition coefficient (Wildman–Crippen LogP) is 4.92. The van der Waals surface area contributed by atoms with Gasteiger partial charge in [-0.15, -0.1) is 0 Å². The molecule has 0 spiro atoms. The number of carbonyl (C=O) groups excluding carboxylic acids is 1. The van der Waals surface area contributed by atoms with Gasteiger partial charge in [0.1, 0.15) is 6.61 Å². The Bertz CT molecular complexity index is 1060. The van der Waals surface area contributed by atoms with Gasteiger partial charge in [0.25, 0.3) is 0 Å². The Hall–Kier alpha value is -3.60. The summed E-state index contributed by atoms with van der Waals surface area (Å²) in [4.78, 5) is 23.8. The minimum atomic E-state index is -0.961. The molecule has 1 amide bonds. The van der Waals surface area contributed by atoms with E-state index in [1.807, 2.05) is 55.5 Å². The third-order valence-corrected chi connectivity index (χ3v) is 5.65. The SMILES string of the molecule is Cc1cccc(CC(CC(=O)O)NC(=O)OCC2c3ccccc3-c3ccccc32)c1. The molecule has 5 heteroatoms. The van der Waals surface area contributed by atoms with E-state index in [1.165, 1.54) is 0 Å². The van der Waals surface area contributed by atoms with E-state index in [0.717, 1.165) is 33.4 Å². The van der Waals surface area contributed by atoms with E-state index < -0.39 is 18.1 Å². The lowest BCUT2D eigenvalue weighted by atomic mass is 9.98. The number of hydrogen-bond donors (Lipinski definition) is 2. The smallest absolute Gasteiger partial charge is 0.407 e. The van der Waals surface area contributed by atoms with Crippen LogP contribution in [0.2, 0.25) is 0 Å². The van der Waals surface area contributed by atoms with Crippen LogP contribution in [0.1, 0.15) is 34.6 Å². The Morgan fingerprint density at radius 3 is 2.23 bits per heavy atom. The number of alkyl carbamates (subject to hydrolysis) is 1. The zero-order valence-corrected chi connectivity index (χ0v) is 17.4. The topological polar surface area (TPSA) is 75.6 Å². The summed E-state index contributed by atoms with van der Waals surface area (Å²) in [5, 5.41) is 12.0. The second-order valence-electron chi connectivity index (χ2n) is 7.96. The van der Waals surface area contributed by atoms with Gasteiger partial charge in [-0.1, -0.05) is 78.4 Å². The fraction of sp³-hybridized carbons (Fsp3) is 0.231. The number of hydrogen-bond acceptors (Lipinski definition) is 3. The number of carboxylic acid groups (broad SMARTS) is 1. The quantitative estimate of drug-likeness (QED) is 0.574. The number of benzene rings is 3. The molecule has 0 radical (unpaired) electrons. The maximum Gasteiger partial charge on any atom is 0.407 e. The molecular weight excluding hydrogens is 390 g/mol. The highest BCUT2D eigenvalue weighted by Crippen LogP contribution is 2.44. The molecule has 0 saturated carbocycles. The van der Waals surface area contributed by atoms with Crippen LogP contribution in [0.3, 0.4) is 0 Å². The van der Waals surface area contributed by atoms with Crippen LogP contribution in [-0.2, 0) is 16.0 Å². The van der Waals surface area contributed by atoms with Crippen LogP contribution < -0.4 is 5.32 Å². The Morgan fingerprint density at radius 1 is 0.968 bits per heavy atom. The van der Waals surface area contributed by atoms with Gasteiger partial charge in [-0.2, -0.15) is 0 Å². The van der Waals surface area contributed by atoms with Gasteiger partial charge in [0.05, 0.1) is 6.42 Å². The standard InChI is InChI=1S/C26H25NO4/c1-17-7-6-8-18(13-17)14-19(15-25(28)29)27-26(30)31-16-24-22-11-4-2-9-20(22)21-10-3-5-12-23(21)24/h2-13,19,24H,14-16H2,1H3,(H,27,30)(H,28,29). The number of nitrogens with one attached hydrogen (secondary N) is 1. The van der Waals surface area contributed by atoms with Crippen molar-refractivity contribution in [2.24, 2.45) is 0 Å². The van der Waals surface area contributed by atoms with Crippen molar-refractivity contribution in [2.45, 2.75) is 31.7 Å². The Labute approximate surface area is 181 Å². The molecule has 0 fully saturated rings. The summed E-state index contributed by atoms with van der Waals surface area (Å²) in [5.41, 5.74) is 6.67. The zero-order chi connectivity index (χ0) is 21.8. The third-order valence-electron chi connectivity index (χ3n) is 5.65. The van der Waals surface area contributed by atoms with Gasteiger partial charge >= 0.3 is 12.1 Å². The normalized spacial score (nSPS) is 13.2. The molecule has 2 N–H and O–H groups in total. The molecule has 3 aromatic rings. The first kappa shape index (κ1) is 20.7. The summed E-state index contributed by atoms with van der Waals surface area (Å²) in [5.74, 6) is -0.996. The third kappa shape index (κ3) is 4.77. The summed E-state index contributed by atoms with van der Waals surface area (Å²) < 4.78 is 5.57. The fourth-order valence-electron chi connectivity index (χ4n) is 4.32. The first-order valence-corrected chi connectivity index (χ1v) is 10.4. The Balaban J connectivity index is 1.43. The second kappa shape index (κ2) is 9.04.